The highest BCUT2D eigenvalue weighted by atomic mass is 32.2. The predicted molar refractivity (Wildman–Crippen MR) is 88.9 cm³/mol. The molecule has 1 aromatic rings. The molecular weight excluding hydrogens is 298 g/mol. The van der Waals surface area contributed by atoms with E-state index in [2.05, 4.69) is 23.4 Å². The number of rotatable bonds is 5. The summed E-state index contributed by atoms with van der Waals surface area (Å²) in [6.07, 6.45) is 4.81. The molecule has 0 unspecified atom stereocenters. The van der Waals surface area contributed by atoms with Gasteiger partial charge in [0.1, 0.15) is 17.1 Å². The fraction of sp³-hybridized carbons (Fsp3) is 0.471. The maximum absolute atomic E-state index is 12.0. The molecule has 0 heterocycles. The molecule has 1 aliphatic rings. The van der Waals surface area contributed by atoms with Gasteiger partial charge in [0.2, 0.25) is 0 Å². The van der Waals surface area contributed by atoms with E-state index in [1.165, 1.54) is 5.56 Å². The van der Waals surface area contributed by atoms with Gasteiger partial charge in [0.05, 0.1) is 5.25 Å². The Hall–Kier alpha value is -1.62. The number of benzene rings is 1. The molecule has 1 aliphatic carbocycles. The van der Waals surface area contributed by atoms with Crippen molar-refractivity contribution in [2.75, 3.05) is 0 Å². The average Bonchev–Trinajstić information content (AvgIpc) is 2.55. The molecular formula is C17H23NO3S. The normalized spacial score (nSPS) is 24.0. The van der Waals surface area contributed by atoms with E-state index in [1.54, 1.807) is 13.0 Å². The number of carbonyl (C=O) groups is 1. The van der Waals surface area contributed by atoms with Gasteiger partial charge in [-0.05, 0) is 31.7 Å². The number of nitrogens with one attached hydrogen (secondary N) is 1. The summed E-state index contributed by atoms with van der Waals surface area (Å²) in [7, 11) is -1.50. The molecule has 4 atom stereocenters. The van der Waals surface area contributed by atoms with Gasteiger partial charge in [0.15, 0.2) is 0 Å². The van der Waals surface area contributed by atoms with Crippen molar-refractivity contribution in [3.8, 4) is 0 Å². The molecule has 5 heteroatoms. The van der Waals surface area contributed by atoms with Crippen LogP contribution in [0.25, 0.3) is 0 Å². The predicted octanol–water partition coefficient (Wildman–Crippen LogP) is 3.68. The van der Waals surface area contributed by atoms with Crippen LogP contribution in [0.15, 0.2) is 43.0 Å². The van der Waals surface area contributed by atoms with Crippen LogP contribution in [-0.4, -0.2) is 21.7 Å². The first-order valence-electron chi connectivity index (χ1n) is 7.67. The van der Waals surface area contributed by atoms with E-state index in [1.807, 2.05) is 18.2 Å². The van der Waals surface area contributed by atoms with Gasteiger partial charge in [-0.3, -0.25) is 0 Å². The summed E-state index contributed by atoms with van der Waals surface area (Å²) in [6, 6.07) is 10.1. The lowest BCUT2D eigenvalue weighted by Gasteiger charge is -2.31. The molecule has 4 nitrogen and oxygen atoms in total. The van der Waals surface area contributed by atoms with Crippen molar-refractivity contribution in [3.05, 3.63) is 48.6 Å². The van der Waals surface area contributed by atoms with Gasteiger partial charge in [0.25, 0.3) is 0 Å². The van der Waals surface area contributed by atoms with Crippen LogP contribution in [-0.2, 0) is 15.7 Å². The number of carbonyl (C=O) groups excluding carboxylic acids is 1. The SMILES string of the molecule is C=C[C@@H](C)[S@](=O)NC(=O)O[C@@H]1CCCC[C@H]1c1ccccc1. The van der Waals surface area contributed by atoms with Gasteiger partial charge in [0, 0.05) is 5.92 Å². The number of hydrogen-bond acceptors (Lipinski definition) is 3. The van der Waals surface area contributed by atoms with Gasteiger partial charge >= 0.3 is 6.09 Å². The van der Waals surface area contributed by atoms with Crippen molar-refractivity contribution in [3.63, 3.8) is 0 Å². The lowest BCUT2D eigenvalue weighted by Crippen LogP contribution is -2.36. The second-order valence-electron chi connectivity index (χ2n) is 5.59. The van der Waals surface area contributed by atoms with Gasteiger partial charge < -0.3 is 4.74 Å². The summed E-state index contributed by atoms with van der Waals surface area (Å²) in [5.74, 6) is 0.214. The molecule has 1 amide bonds. The van der Waals surface area contributed by atoms with E-state index in [0.29, 0.717) is 0 Å². The molecule has 1 fully saturated rings. The van der Waals surface area contributed by atoms with Crippen molar-refractivity contribution >= 4 is 17.1 Å². The largest absolute Gasteiger partial charge is 0.445 e. The third kappa shape index (κ3) is 4.44. The van der Waals surface area contributed by atoms with E-state index in [4.69, 9.17) is 4.74 Å². The topological polar surface area (TPSA) is 55.4 Å². The smallest absolute Gasteiger partial charge is 0.419 e. The highest BCUT2D eigenvalue weighted by molar-refractivity contribution is 7.84. The summed E-state index contributed by atoms with van der Waals surface area (Å²) in [5.41, 5.74) is 1.19. The summed E-state index contributed by atoms with van der Waals surface area (Å²) in [5, 5.41) is -0.302. The molecule has 2 rings (SSSR count). The lowest BCUT2D eigenvalue weighted by molar-refractivity contribution is 0.0653. The molecule has 1 saturated carbocycles. The quantitative estimate of drug-likeness (QED) is 0.842. The molecule has 0 aromatic heterocycles. The van der Waals surface area contributed by atoms with Gasteiger partial charge in [-0.25, -0.2) is 13.7 Å². The molecule has 22 heavy (non-hydrogen) atoms. The molecule has 0 saturated heterocycles. The minimum Gasteiger partial charge on any atom is -0.445 e. The zero-order chi connectivity index (χ0) is 15.9. The monoisotopic (exact) mass is 321 g/mol. The lowest BCUT2D eigenvalue weighted by atomic mass is 9.81. The van der Waals surface area contributed by atoms with Gasteiger partial charge in [-0.2, -0.15) is 0 Å². The molecule has 0 aliphatic heterocycles. The Kier molecular flexibility index (Phi) is 6.19. The first-order valence-corrected chi connectivity index (χ1v) is 8.88. The van der Waals surface area contributed by atoms with Crippen LogP contribution < -0.4 is 4.72 Å². The van der Waals surface area contributed by atoms with Crippen LogP contribution in [0.5, 0.6) is 0 Å². The highest BCUT2D eigenvalue weighted by Gasteiger charge is 2.30. The van der Waals surface area contributed by atoms with E-state index < -0.39 is 17.1 Å². The molecule has 120 valence electrons. The Labute approximate surface area is 134 Å². The van der Waals surface area contributed by atoms with Crippen molar-refractivity contribution < 1.29 is 13.7 Å². The Morgan fingerprint density at radius 1 is 1.36 bits per heavy atom. The maximum atomic E-state index is 12.0. The van der Waals surface area contributed by atoms with Gasteiger partial charge in [-0.1, -0.05) is 42.8 Å². The van der Waals surface area contributed by atoms with Crippen LogP contribution in [0, 0.1) is 0 Å². The Bertz CT molecular complexity index is 532. The molecule has 1 N–H and O–H groups in total. The molecule has 0 radical (unpaired) electrons. The Morgan fingerprint density at radius 2 is 2.05 bits per heavy atom. The Morgan fingerprint density at radius 3 is 2.73 bits per heavy atom. The van der Waals surface area contributed by atoms with Crippen molar-refractivity contribution in [1.29, 1.82) is 0 Å². The summed E-state index contributed by atoms with van der Waals surface area (Å²) < 4.78 is 19.7. The van der Waals surface area contributed by atoms with Crippen molar-refractivity contribution in [2.24, 2.45) is 0 Å². The number of ether oxygens (including phenoxy) is 1. The highest BCUT2D eigenvalue weighted by Crippen LogP contribution is 2.34. The fourth-order valence-electron chi connectivity index (χ4n) is 2.74. The van der Waals surface area contributed by atoms with Gasteiger partial charge in [-0.15, -0.1) is 6.58 Å². The number of amides is 1. The zero-order valence-electron chi connectivity index (χ0n) is 12.9. The summed E-state index contributed by atoms with van der Waals surface area (Å²) in [4.78, 5) is 12.0. The van der Waals surface area contributed by atoms with Crippen LogP contribution >= 0.6 is 0 Å². The minimum absolute atomic E-state index is 0.160. The third-order valence-electron chi connectivity index (χ3n) is 4.04. The van der Waals surface area contributed by atoms with Crippen molar-refractivity contribution in [2.45, 2.75) is 49.9 Å². The first-order chi connectivity index (χ1) is 10.6. The summed E-state index contributed by atoms with van der Waals surface area (Å²) in [6.45, 7) is 5.30. The van der Waals surface area contributed by atoms with Crippen LogP contribution in [0.2, 0.25) is 0 Å². The second kappa shape index (κ2) is 8.13. The van der Waals surface area contributed by atoms with Crippen LogP contribution in [0.4, 0.5) is 4.79 Å². The second-order valence-corrected chi connectivity index (χ2v) is 7.13. The molecule has 0 bridgehead atoms. The molecule has 1 aromatic carbocycles. The zero-order valence-corrected chi connectivity index (χ0v) is 13.7. The number of hydrogen-bond donors (Lipinski definition) is 1. The van der Waals surface area contributed by atoms with Crippen LogP contribution in [0.3, 0.4) is 0 Å². The summed E-state index contributed by atoms with van der Waals surface area (Å²) >= 11 is 0. The van der Waals surface area contributed by atoms with Crippen LogP contribution in [0.1, 0.15) is 44.1 Å². The minimum atomic E-state index is -1.50. The Balaban J connectivity index is 1.98. The third-order valence-corrected chi connectivity index (χ3v) is 5.28. The van der Waals surface area contributed by atoms with E-state index in [-0.39, 0.29) is 17.3 Å². The fourth-order valence-corrected chi connectivity index (χ4v) is 3.32. The molecule has 0 spiro atoms. The van der Waals surface area contributed by atoms with Crippen molar-refractivity contribution in [1.82, 2.24) is 4.72 Å². The maximum Gasteiger partial charge on any atom is 0.419 e. The van der Waals surface area contributed by atoms with E-state index >= 15 is 0 Å². The first kappa shape index (κ1) is 16.7. The standard InChI is InChI=1S/C17H23NO3S/c1-3-13(2)22(20)18-17(19)21-16-12-8-7-11-15(16)14-9-5-4-6-10-14/h3-6,9-10,13,15-16H,1,7-8,11-12H2,2H3,(H,18,19)/t13-,15+,16-,22+/m1/s1. The average molecular weight is 321 g/mol. The van der Waals surface area contributed by atoms with E-state index in [0.717, 1.165) is 25.7 Å². The van der Waals surface area contributed by atoms with E-state index in [9.17, 15) is 9.00 Å².